The quantitative estimate of drug-likeness (QED) is 0.660. The maximum atomic E-state index is 12.0. The summed E-state index contributed by atoms with van der Waals surface area (Å²) >= 11 is 0. The first-order valence-corrected chi connectivity index (χ1v) is 7.05. The van der Waals surface area contributed by atoms with Crippen LogP contribution in [-0.2, 0) is 14.4 Å². The maximum absolute atomic E-state index is 12.0. The molecule has 2 saturated heterocycles. The molecule has 116 valence electrons. The van der Waals surface area contributed by atoms with Crippen molar-refractivity contribution in [3.63, 3.8) is 0 Å². The number of aliphatic carboxylic acids is 1. The molecular weight excluding hydrogens is 278 g/mol. The molecule has 2 atom stereocenters. The van der Waals surface area contributed by atoms with Crippen LogP contribution in [0, 0.1) is 5.92 Å². The van der Waals surface area contributed by atoms with Crippen LogP contribution < -0.4 is 10.6 Å². The summed E-state index contributed by atoms with van der Waals surface area (Å²) in [5, 5.41) is 13.6. The smallest absolute Gasteiger partial charge is 0.324 e. The molecule has 21 heavy (non-hydrogen) atoms. The minimum atomic E-state index is -1.07. The summed E-state index contributed by atoms with van der Waals surface area (Å²) < 4.78 is 0. The minimum absolute atomic E-state index is 0.0537. The molecule has 2 aliphatic rings. The SMILES string of the molecule is O=C(O)CCC(=O)NC(=O)N1CCC2NC(=O)CCC2C1. The van der Waals surface area contributed by atoms with Gasteiger partial charge in [-0.2, -0.15) is 0 Å². The van der Waals surface area contributed by atoms with Gasteiger partial charge in [0.1, 0.15) is 0 Å². The number of hydrogen-bond donors (Lipinski definition) is 3. The summed E-state index contributed by atoms with van der Waals surface area (Å²) in [5.74, 6) is -1.38. The van der Waals surface area contributed by atoms with Crippen LogP contribution in [0.4, 0.5) is 4.79 Å². The van der Waals surface area contributed by atoms with Gasteiger partial charge in [0.05, 0.1) is 6.42 Å². The third kappa shape index (κ3) is 4.17. The van der Waals surface area contributed by atoms with E-state index in [1.165, 1.54) is 0 Å². The summed E-state index contributed by atoms with van der Waals surface area (Å²) in [6.45, 7) is 0.975. The van der Waals surface area contributed by atoms with Crippen LogP contribution >= 0.6 is 0 Å². The van der Waals surface area contributed by atoms with Gasteiger partial charge in [-0.25, -0.2) is 4.79 Å². The predicted octanol–water partition coefficient (Wildman–Crippen LogP) is -0.312. The third-order valence-corrected chi connectivity index (χ3v) is 3.92. The molecule has 0 aromatic heterocycles. The first-order chi connectivity index (χ1) is 9.95. The highest BCUT2D eigenvalue weighted by Crippen LogP contribution is 2.25. The van der Waals surface area contributed by atoms with Crippen LogP contribution in [0.5, 0.6) is 0 Å². The fourth-order valence-electron chi connectivity index (χ4n) is 2.78. The summed E-state index contributed by atoms with van der Waals surface area (Å²) in [6.07, 6.45) is 1.38. The van der Waals surface area contributed by atoms with Gasteiger partial charge in [0, 0.05) is 32.0 Å². The fourth-order valence-corrected chi connectivity index (χ4v) is 2.78. The first-order valence-electron chi connectivity index (χ1n) is 7.05. The van der Waals surface area contributed by atoms with E-state index in [1.807, 2.05) is 0 Å². The van der Waals surface area contributed by atoms with E-state index < -0.39 is 17.9 Å². The fraction of sp³-hybridized carbons (Fsp3) is 0.692. The number of carbonyl (C=O) groups excluding carboxylic acids is 3. The molecule has 2 aliphatic heterocycles. The Morgan fingerprint density at radius 2 is 2.05 bits per heavy atom. The van der Waals surface area contributed by atoms with Gasteiger partial charge < -0.3 is 15.3 Å². The Kier molecular flexibility index (Phi) is 4.77. The van der Waals surface area contributed by atoms with Gasteiger partial charge in [-0.15, -0.1) is 0 Å². The monoisotopic (exact) mass is 297 g/mol. The molecule has 0 bridgehead atoms. The average molecular weight is 297 g/mol. The van der Waals surface area contributed by atoms with Crippen molar-refractivity contribution in [1.82, 2.24) is 15.5 Å². The lowest BCUT2D eigenvalue weighted by Gasteiger charge is -2.41. The third-order valence-electron chi connectivity index (χ3n) is 3.92. The lowest BCUT2D eigenvalue weighted by atomic mass is 9.85. The second-order valence-electron chi connectivity index (χ2n) is 5.45. The van der Waals surface area contributed by atoms with Gasteiger partial charge in [-0.05, 0) is 18.8 Å². The van der Waals surface area contributed by atoms with Crippen molar-refractivity contribution in [2.24, 2.45) is 5.92 Å². The van der Waals surface area contributed by atoms with Crippen molar-refractivity contribution in [2.45, 2.75) is 38.1 Å². The molecule has 4 amide bonds. The van der Waals surface area contributed by atoms with E-state index in [0.717, 1.165) is 6.42 Å². The van der Waals surface area contributed by atoms with Crippen LogP contribution in [0.3, 0.4) is 0 Å². The second-order valence-corrected chi connectivity index (χ2v) is 5.45. The van der Waals surface area contributed by atoms with Crippen molar-refractivity contribution in [1.29, 1.82) is 0 Å². The zero-order chi connectivity index (χ0) is 15.4. The number of amides is 4. The van der Waals surface area contributed by atoms with E-state index in [2.05, 4.69) is 10.6 Å². The minimum Gasteiger partial charge on any atom is -0.481 e. The standard InChI is InChI=1S/C13H19N3O5/c17-10-2-1-8-7-16(6-5-9(8)14-10)13(21)15-11(18)3-4-12(19)20/h8-9H,1-7H2,(H,14,17)(H,19,20)(H,15,18,21). The predicted molar refractivity (Wildman–Crippen MR) is 71.3 cm³/mol. The molecule has 8 heteroatoms. The maximum Gasteiger partial charge on any atom is 0.324 e. The van der Waals surface area contributed by atoms with Gasteiger partial charge in [0.2, 0.25) is 11.8 Å². The number of urea groups is 1. The molecule has 0 aromatic carbocycles. The largest absolute Gasteiger partial charge is 0.481 e. The van der Waals surface area contributed by atoms with Crippen LogP contribution in [0.2, 0.25) is 0 Å². The van der Waals surface area contributed by atoms with E-state index in [0.29, 0.717) is 25.9 Å². The summed E-state index contributed by atoms with van der Waals surface area (Å²) in [6, 6.07) is -0.376. The number of nitrogens with zero attached hydrogens (tertiary/aromatic N) is 1. The van der Waals surface area contributed by atoms with Crippen molar-refractivity contribution >= 4 is 23.8 Å². The van der Waals surface area contributed by atoms with Crippen molar-refractivity contribution < 1.29 is 24.3 Å². The highest BCUT2D eigenvalue weighted by molar-refractivity contribution is 5.95. The molecule has 2 fully saturated rings. The highest BCUT2D eigenvalue weighted by Gasteiger charge is 2.35. The lowest BCUT2D eigenvalue weighted by molar-refractivity contribution is -0.138. The Morgan fingerprint density at radius 3 is 2.76 bits per heavy atom. The van der Waals surface area contributed by atoms with Crippen LogP contribution in [0.1, 0.15) is 32.1 Å². The Bertz CT molecular complexity index is 465. The molecule has 2 heterocycles. The number of carboxylic acid groups (broad SMARTS) is 1. The number of hydrogen-bond acceptors (Lipinski definition) is 4. The topological polar surface area (TPSA) is 116 Å². The molecule has 2 rings (SSSR count). The van der Waals surface area contributed by atoms with E-state index in [4.69, 9.17) is 5.11 Å². The first kappa shape index (κ1) is 15.3. The molecule has 0 spiro atoms. The highest BCUT2D eigenvalue weighted by atomic mass is 16.4. The molecule has 0 aliphatic carbocycles. The van der Waals surface area contributed by atoms with E-state index in [1.54, 1.807) is 4.90 Å². The van der Waals surface area contributed by atoms with Gasteiger partial charge in [0.25, 0.3) is 0 Å². The Morgan fingerprint density at radius 1 is 1.29 bits per heavy atom. The number of imide groups is 1. The zero-order valence-electron chi connectivity index (χ0n) is 11.6. The normalized spacial score (nSPS) is 24.8. The molecule has 0 radical (unpaired) electrons. The number of carboxylic acids is 1. The van der Waals surface area contributed by atoms with Gasteiger partial charge in [0.15, 0.2) is 0 Å². The summed E-state index contributed by atoms with van der Waals surface area (Å²) in [7, 11) is 0. The van der Waals surface area contributed by atoms with Crippen molar-refractivity contribution in [3.05, 3.63) is 0 Å². The molecule has 0 aromatic rings. The van der Waals surface area contributed by atoms with Gasteiger partial charge in [-0.3, -0.25) is 19.7 Å². The van der Waals surface area contributed by atoms with Crippen LogP contribution in [-0.4, -0.2) is 53.0 Å². The van der Waals surface area contributed by atoms with Gasteiger partial charge in [-0.1, -0.05) is 0 Å². The summed E-state index contributed by atoms with van der Waals surface area (Å²) in [5.41, 5.74) is 0. The van der Waals surface area contributed by atoms with Crippen molar-refractivity contribution in [2.75, 3.05) is 13.1 Å². The summed E-state index contributed by atoms with van der Waals surface area (Å²) in [4.78, 5) is 46.6. The number of carbonyl (C=O) groups is 4. The van der Waals surface area contributed by atoms with Crippen LogP contribution in [0.25, 0.3) is 0 Å². The lowest BCUT2D eigenvalue weighted by Crippen LogP contribution is -2.57. The number of likely N-dealkylation sites (tertiary alicyclic amines) is 1. The van der Waals surface area contributed by atoms with E-state index in [9.17, 15) is 19.2 Å². The average Bonchev–Trinajstić information content (AvgIpc) is 2.44. The molecule has 8 nitrogen and oxygen atoms in total. The molecule has 2 unspecified atom stereocenters. The number of piperidine rings is 2. The number of rotatable bonds is 3. The van der Waals surface area contributed by atoms with Gasteiger partial charge >= 0.3 is 12.0 Å². The second kappa shape index (κ2) is 6.55. The Balaban J connectivity index is 1.80. The Hall–Kier alpha value is -2.12. The van der Waals surface area contributed by atoms with Crippen molar-refractivity contribution in [3.8, 4) is 0 Å². The zero-order valence-corrected chi connectivity index (χ0v) is 11.6. The molecule has 3 N–H and O–H groups in total. The molecule has 0 saturated carbocycles. The van der Waals surface area contributed by atoms with E-state index in [-0.39, 0.29) is 30.7 Å². The Labute approximate surface area is 121 Å². The number of fused-ring (bicyclic) bond motifs is 1. The van der Waals surface area contributed by atoms with E-state index >= 15 is 0 Å². The number of nitrogens with one attached hydrogen (secondary N) is 2. The van der Waals surface area contributed by atoms with Crippen LogP contribution in [0.15, 0.2) is 0 Å². The molecular formula is C13H19N3O5.